The average Bonchev–Trinajstić information content (AvgIpc) is 3.23. The summed E-state index contributed by atoms with van der Waals surface area (Å²) in [5, 5.41) is 25.8. The maximum Gasteiger partial charge on any atom is 0.372 e. The van der Waals surface area contributed by atoms with Gasteiger partial charge in [0.15, 0.2) is 5.65 Å². The molecule has 8 nitrogen and oxygen atoms in total. The molecule has 5 rings (SSSR count). The van der Waals surface area contributed by atoms with Crippen LogP contribution in [0.2, 0.25) is 0 Å². The lowest BCUT2D eigenvalue weighted by molar-refractivity contribution is -0.388. The van der Waals surface area contributed by atoms with E-state index in [1.54, 1.807) is 65.2 Å². The monoisotopic (exact) mass is 441 g/mol. The minimum Gasteiger partial charge on any atom is -0.392 e. The second kappa shape index (κ2) is 8.21. The summed E-state index contributed by atoms with van der Waals surface area (Å²) in [6.45, 7) is -0.110. The molecule has 0 unspecified atom stereocenters. The lowest BCUT2D eigenvalue weighted by Gasteiger charge is -2.08. The normalized spacial score (nSPS) is 11.1. The SMILES string of the molecule is O=[N+]([O-])c1ncccc1-c1nc2ccc(-c3ccc(F)cc3)nn2c1-c1ccc(CO)cc1. The van der Waals surface area contributed by atoms with Gasteiger partial charge in [-0.25, -0.2) is 13.9 Å². The number of imidazole rings is 1. The van der Waals surface area contributed by atoms with Crippen LogP contribution >= 0.6 is 0 Å². The van der Waals surface area contributed by atoms with Crippen LogP contribution in [-0.2, 0) is 6.61 Å². The highest BCUT2D eigenvalue weighted by Gasteiger charge is 2.25. The zero-order chi connectivity index (χ0) is 22.9. The summed E-state index contributed by atoms with van der Waals surface area (Å²) in [6.07, 6.45) is 1.36. The van der Waals surface area contributed by atoms with E-state index in [2.05, 4.69) is 9.97 Å². The van der Waals surface area contributed by atoms with E-state index in [4.69, 9.17) is 5.10 Å². The number of fused-ring (bicyclic) bond motifs is 1. The minimum absolute atomic E-state index is 0.110. The molecule has 0 aliphatic carbocycles. The van der Waals surface area contributed by atoms with Crippen molar-refractivity contribution < 1.29 is 14.4 Å². The number of hydrogen-bond acceptors (Lipinski definition) is 6. The van der Waals surface area contributed by atoms with Crippen LogP contribution in [0.1, 0.15) is 5.56 Å². The van der Waals surface area contributed by atoms with Crippen LogP contribution < -0.4 is 0 Å². The van der Waals surface area contributed by atoms with Crippen molar-refractivity contribution in [2.24, 2.45) is 0 Å². The first-order valence-electron chi connectivity index (χ1n) is 10.0. The van der Waals surface area contributed by atoms with E-state index >= 15 is 0 Å². The highest BCUT2D eigenvalue weighted by atomic mass is 19.1. The Kier molecular flexibility index (Phi) is 5.08. The molecular weight excluding hydrogens is 425 g/mol. The fraction of sp³-hybridized carbons (Fsp3) is 0.0417. The zero-order valence-corrected chi connectivity index (χ0v) is 17.1. The number of hydrogen-bond donors (Lipinski definition) is 1. The van der Waals surface area contributed by atoms with Crippen LogP contribution in [0.5, 0.6) is 0 Å². The number of halogens is 1. The minimum atomic E-state index is -0.546. The molecular formula is C24H16FN5O3. The van der Waals surface area contributed by atoms with Gasteiger partial charge in [-0.3, -0.25) is 0 Å². The highest BCUT2D eigenvalue weighted by molar-refractivity contribution is 5.85. The van der Waals surface area contributed by atoms with Gasteiger partial charge in [-0.2, -0.15) is 5.10 Å². The van der Waals surface area contributed by atoms with E-state index < -0.39 is 4.92 Å². The Hall–Kier alpha value is -4.50. The maximum atomic E-state index is 13.4. The molecule has 2 aromatic carbocycles. The first kappa shape index (κ1) is 20.4. The van der Waals surface area contributed by atoms with Gasteiger partial charge in [-0.1, -0.05) is 24.3 Å². The van der Waals surface area contributed by atoms with Crippen molar-refractivity contribution >= 4 is 11.5 Å². The van der Waals surface area contributed by atoms with Crippen molar-refractivity contribution in [1.29, 1.82) is 0 Å². The summed E-state index contributed by atoms with van der Waals surface area (Å²) in [7, 11) is 0. The molecule has 0 amide bonds. The molecule has 0 spiro atoms. The molecule has 1 N–H and O–H groups in total. The summed E-state index contributed by atoms with van der Waals surface area (Å²) in [4.78, 5) is 19.7. The molecule has 0 atom stereocenters. The third-order valence-electron chi connectivity index (χ3n) is 5.24. The Morgan fingerprint density at radius 1 is 0.970 bits per heavy atom. The zero-order valence-electron chi connectivity index (χ0n) is 17.1. The van der Waals surface area contributed by atoms with Gasteiger partial charge in [0.1, 0.15) is 29.0 Å². The number of pyridine rings is 1. The lowest BCUT2D eigenvalue weighted by atomic mass is 10.0. The van der Waals surface area contributed by atoms with Gasteiger partial charge in [0.2, 0.25) is 0 Å². The van der Waals surface area contributed by atoms with Gasteiger partial charge >= 0.3 is 5.82 Å². The number of benzene rings is 2. The van der Waals surface area contributed by atoms with E-state index in [0.29, 0.717) is 33.9 Å². The van der Waals surface area contributed by atoms with Crippen LogP contribution in [0, 0.1) is 15.9 Å². The number of nitro groups is 1. The Morgan fingerprint density at radius 2 is 1.70 bits per heavy atom. The van der Waals surface area contributed by atoms with Crippen molar-refractivity contribution in [2.45, 2.75) is 6.61 Å². The van der Waals surface area contributed by atoms with Crippen molar-refractivity contribution in [2.75, 3.05) is 0 Å². The van der Waals surface area contributed by atoms with Crippen LogP contribution in [0.4, 0.5) is 10.2 Å². The molecule has 3 heterocycles. The summed E-state index contributed by atoms with van der Waals surface area (Å²) in [6, 6.07) is 19.8. The van der Waals surface area contributed by atoms with Gasteiger partial charge < -0.3 is 15.2 Å². The van der Waals surface area contributed by atoms with E-state index in [-0.39, 0.29) is 23.8 Å². The molecule has 0 fully saturated rings. The number of nitrogens with zero attached hydrogens (tertiary/aromatic N) is 5. The molecule has 5 aromatic rings. The fourth-order valence-corrected chi connectivity index (χ4v) is 3.65. The number of aromatic nitrogens is 4. The Bertz CT molecular complexity index is 1480. The van der Waals surface area contributed by atoms with E-state index in [1.807, 2.05) is 0 Å². The van der Waals surface area contributed by atoms with Gasteiger partial charge in [-0.05, 0) is 64.0 Å². The van der Waals surface area contributed by atoms with E-state index in [0.717, 1.165) is 5.56 Å². The first-order chi connectivity index (χ1) is 16.0. The summed E-state index contributed by atoms with van der Waals surface area (Å²) in [5.74, 6) is -0.661. The second-order valence-corrected chi connectivity index (χ2v) is 7.29. The van der Waals surface area contributed by atoms with E-state index in [1.165, 1.54) is 18.3 Å². The fourth-order valence-electron chi connectivity index (χ4n) is 3.65. The van der Waals surface area contributed by atoms with Crippen LogP contribution in [0.25, 0.3) is 39.4 Å². The van der Waals surface area contributed by atoms with Crippen LogP contribution in [-0.4, -0.2) is 29.6 Å². The average molecular weight is 441 g/mol. The molecule has 3 aromatic heterocycles. The van der Waals surface area contributed by atoms with Crippen molar-refractivity contribution in [3.63, 3.8) is 0 Å². The van der Waals surface area contributed by atoms with Crippen molar-refractivity contribution in [3.05, 3.63) is 100 Å². The predicted octanol–water partition coefficient (Wildman–Crippen LogP) is 4.66. The number of rotatable bonds is 5. The third kappa shape index (κ3) is 3.70. The van der Waals surface area contributed by atoms with Gasteiger partial charge in [0.25, 0.3) is 0 Å². The molecule has 0 radical (unpaired) electrons. The number of aliphatic hydroxyl groups is 1. The standard InChI is InChI=1S/C24H16FN5O3/c25-18-9-7-16(8-10-18)20-11-12-21-27-22(19-2-1-13-26-24(19)30(32)33)23(29(21)28-20)17-5-3-15(14-31)4-6-17/h1-13,31H,14H2. The molecule has 162 valence electrons. The third-order valence-corrected chi connectivity index (χ3v) is 5.24. The van der Waals surface area contributed by atoms with Crippen LogP contribution in [0.15, 0.2) is 79.0 Å². The molecule has 0 bridgehead atoms. The topological polar surface area (TPSA) is 106 Å². The molecule has 0 saturated carbocycles. The van der Waals surface area contributed by atoms with Gasteiger partial charge in [-0.15, -0.1) is 0 Å². The van der Waals surface area contributed by atoms with Gasteiger partial charge in [0, 0.05) is 11.1 Å². The first-order valence-corrected chi connectivity index (χ1v) is 10.0. The Balaban J connectivity index is 1.79. The summed E-state index contributed by atoms with van der Waals surface area (Å²) >= 11 is 0. The van der Waals surface area contributed by atoms with Crippen molar-refractivity contribution in [3.8, 4) is 33.8 Å². The summed E-state index contributed by atoms with van der Waals surface area (Å²) in [5.41, 5.74) is 4.36. The van der Waals surface area contributed by atoms with Crippen LogP contribution in [0.3, 0.4) is 0 Å². The molecule has 0 aliphatic rings. The quantitative estimate of drug-likeness (QED) is 0.314. The summed E-state index contributed by atoms with van der Waals surface area (Å²) < 4.78 is 15.0. The van der Waals surface area contributed by atoms with Gasteiger partial charge in [0.05, 0.1) is 12.3 Å². The smallest absolute Gasteiger partial charge is 0.372 e. The molecule has 33 heavy (non-hydrogen) atoms. The lowest BCUT2D eigenvalue weighted by Crippen LogP contribution is -1.99. The van der Waals surface area contributed by atoms with E-state index in [9.17, 15) is 19.6 Å². The Morgan fingerprint density at radius 3 is 2.39 bits per heavy atom. The molecule has 0 aliphatic heterocycles. The second-order valence-electron chi connectivity index (χ2n) is 7.29. The highest BCUT2D eigenvalue weighted by Crippen LogP contribution is 2.36. The predicted molar refractivity (Wildman–Crippen MR) is 120 cm³/mol. The largest absolute Gasteiger partial charge is 0.392 e. The molecule has 9 heteroatoms. The Labute approximate surface area is 186 Å². The number of aliphatic hydroxyl groups excluding tert-OH is 1. The maximum absolute atomic E-state index is 13.4. The van der Waals surface area contributed by atoms with Crippen molar-refractivity contribution in [1.82, 2.24) is 19.6 Å². The molecule has 0 saturated heterocycles.